The number of pyridine rings is 1. The molecule has 3 atom stereocenters. The molecule has 0 saturated heterocycles. The fourth-order valence-electron chi connectivity index (χ4n) is 4.13. The van der Waals surface area contributed by atoms with Crippen molar-refractivity contribution in [2.45, 2.75) is 84.7 Å². The molecule has 1 aromatic carbocycles. The van der Waals surface area contributed by atoms with E-state index in [1.54, 1.807) is 12.1 Å². The minimum absolute atomic E-state index is 0.0612. The Morgan fingerprint density at radius 3 is 2.33 bits per heavy atom. The van der Waals surface area contributed by atoms with Gasteiger partial charge in [0.15, 0.2) is 0 Å². The fourth-order valence-corrected chi connectivity index (χ4v) is 4.13. The minimum atomic E-state index is -0.297. The summed E-state index contributed by atoms with van der Waals surface area (Å²) < 4.78 is 0. The van der Waals surface area contributed by atoms with E-state index in [-0.39, 0.29) is 23.7 Å². The molecule has 0 aliphatic carbocycles. The Hall–Kier alpha value is -2.40. The summed E-state index contributed by atoms with van der Waals surface area (Å²) in [5.41, 5.74) is 2.29. The quantitative estimate of drug-likeness (QED) is 0.343. The van der Waals surface area contributed by atoms with Crippen molar-refractivity contribution in [3.05, 3.63) is 59.9 Å². The number of unbranched alkanes of at least 4 members (excludes halogenated alkanes) is 1. The molecule has 1 heterocycles. The van der Waals surface area contributed by atoms with Gasteiger partial charge in [-0.1, -0.05) is 52.7 Å². The molecule has 1 amide bonds. The second-order valence-corrected chi connectivity index (χ2v) is 9.81. The van der Waals surface area contributed by atoms with E-state index in [9.17, 15) is 9.90 Å². The van der Waals surface area contributed by atoms with Gasteiger partial charge in [0.1, 0.15) is 5.75 Å². The first-order valence-electron chi connectivity index (χ1n) is 12.6. The zero-order valence-electron chi connectivity index (χ0n) is 20.9. The van der Waals surface area contributed by atoms with E-state index in [2.05, 4.69) is 43.3 Å². The van der Waals surface area contributed by atoms with Gasteiger partial charge in [0, 0.05) is 18.4 Å². The molecule has 182 valence electrons. The van der Waals surface area contributed by atoms with Crippen LogP contribution in [-0.2, 0) is 17.6 Å². The Labute approximate surface area is 200 Å². The molecule has 3 N–H and O–H groups in total. The number of carbonyl (C=O) groups is 1. The molecule has 0 aliphatic heterocycles. The summed E-state index contributed by atoms with van der Waals surface area (Å²) in [6.45, 7) is 9.68. The molecule has 1 aromatic heterocycles. The number of aromatic hydroxyl groups is 1. The largest absolute Gasteiger partial charge is 0.508 e. The van der Waals surface area contributed by atoms with Gasteiger partial charge in [-0.3, -0.25) is 9.78 Å². The van der Waals surface area contributed by atoms with Gasteiger partial charge in [0.05, 0.1) is 6.04 Å². The van der Waals surface area contributed by atoms with Crippen molar-refractivity contribution in [1.82, 2.24) is 15.6 Å². The SMILES string of the molecule is CCCC[C@H](C)CN[C@@H](Cc1ccc(O)cc1)C(=O)N[C@H](CCc1ccncc1)CC(C)C. The first-order valence-corrected chi connectivity index (χ1v) is 12.6. The number of hydrogen-bond donors (Lipinski definition) is 3. The molecule has 2 aromatic rings. The predicted molar refractivity (Wildman–Crippen MR) is 136 cm³/mol. The van der Waals surface area contributed by atoms with Crippen LogP contribution >= 0.6 is 0 Å². The number of benzene rings is 1. The Morgan fingerprint density at radius 1 is 1.00 bits per heavy atom. The molecule has 33 heavy (non-hydrogen) atoms. The van der Waals surface area contributed by atoms with Gasteiger partial charge in [0.25, 0.3) is 0 Å². The zero-order chi connectivity index (χ0) is 24.1. The maximum atomic E-state index is 13.4. The topological polar surface area (TPSA) is 74.2 Å². The third-order valence-electron chi connectivity index (χ3n) is 6.09. The molecule has 5 nitrogen and oxygen atoms in total. The molecule has 5 heteroatoms. The summed E-state index contributed by atoms with van der Waals surface area (Å²) in [5.74, 6) is 1.34. The first-order chi connectivity index (χ1) is 15.9. The van der Waals surface area contributed by atoms with Crippen molar-refractivity contribution >= 4 is 5.91 Å². The summed E-state index contributed by atoms with van der Waals surface area (Å²) >= 11 is 0. The molecule has 0 fully saturated rings. The van der Waals surface area contributed by atoms with Crippen LogP contribution in [0, 0.1) is 11.8 Å². The highest BCUT2D eigenvalue weighted by Gasteiger charge is 2.23. The first kappa shape index (κ1) is 26.8. The molecule has 0 aliphatic rings. The number of phenols is 1. The van der Waals surface area contributed by atoms with Gasteiger partial charge in [0.2, 0.25) is 5.91 Å². The molecule has 2 rings (SSSR count). The van der Waals surface area contributed by atoms with Crippen LogP contribution in [0.4, 0.5) is 0 Å². The second-order valence-electron chi connectivity index (χ2n) is 9.81. The average molecular weight is 454 g/mol. The van der Waals surface area contributed by atoms with Crippen LogP contribution in [0.15, 0.2) is 48.8 Å². The third-order valence-corrected chi connectivity index (χ3v) is 6.09. The lowest BCUT2D eigenvalue weighted by molar-refractivity contribution is -0.124. The van der Waals surface area contributed by atoms with Crippen molar-refractivity contribution in [2.24, 2.45) is 11.8 Å². The summed E-state index contributed by atoms with van der Waals surface area (Å²) in [5, 5.41) is 16.5. The molecule has 0 radical (unpaired) electrons. The van der Waals surface area contributed by atoms with Crippen LogP contribution in [-0.4, -0.2) is 34.6 Å². The Balaban J connectivity index is 2.05. The van der Waals surface area contributed by atoms with Gasteiger partial charge in [-0.2, -0.15) is 0 Å². The number of rotatable bonds is 15. The minimum Gasteiger partial charge on any atom is -0.508 e. The Bertz CT molecular complexity index is 793. The molecule has 0 spiro atoms. The van der Waals surface area contributed by atoms with Crippen molar-refractivity contribution in [1.29, 1.82) is 0 Å². The van der Waals surface area contributed by atoms with E-state index in [1.807, 2.05) is 36.7 Å². The number of nitrogens with zero attached hydrogens (tertiary/aromatic N) is 1. The standard InChI is InChI=1S/C28H43N3O2/c1-5-6-7-22(4)20-30-27(19-24-9-12-26(32)13-10-24)28(33)31-25(18-21(2)3)11-8-23-14-16-29-17-15-23/h9-10,12-17,21-22,25,27,30,32H,5-8,11,18-20H2,1-4H3,(H,31,33)/t22-,25+,27-/m0/s1. The lowest BCUT2D eigenvalue weighted by Gasteiger charge is -2.26. The van der Waals surface area contributed by atoms with Gasteiger partial charge in [-0.15, -0.1) is 0 Å². The predicted octanol–water partition coefficient (Wildman–Crippen LogP) is 5.28. The van der Waals surface area contributed by atoms with Crippen molar-refractivity contribution in [3.63, 3.8) is 0 Å². The monoisotopic (exact) mass is 453 g/mol. The normalized spacial score (nSPS) is 14.1. The maximum Gasteiger partial charge on any atom is 0.237 e. The Morgan fingerprint density at radius 2 is 1.70 bits per heavy atom. The number of nitrogens with one attached hydrogen (secondary N) is 2. The summed E-state index contributed by atoms with van der Waals surface area (Å²) in [7, 11) is 0. The Kier molecular flexibility index (Phi) is 12.0. The smallest absolute Gasteiger partial charge is 0.237 e. The summed E-state index contributed by atoms with van der Waals surface area (Å²) in [6.07, 6.45) is 10.6. The number of hydrogen-bond acceptors (Lipinski definition) is 4. The highest BCUT2D eigenvalue weighted by atomic mass is 16.3. The highest BCUT2D eigenvalue weighted by Crippen LogP contribution is 2.15. The number of phenolic OH excluding ortho intramolecular Hbond substituents is 1. The van der Waals surface area contributed by atoms with Crippen LogP contribution in [0.2, 0.25) is 0 Å². The molecule has 0 unspecified atom stereocenters. The summed E-state index contributed by atoms with van der Waals surface area (Å²) in [4.78, 5) is 17.5. The number of aryl methyl sites for hydroxylation is 1. The number of amides is 1. The van der Waals surface area contributed by atoms with E-state index in [0.717, 1.165) is 31.4 Å². The van der Waals surface area contributed by atoms with Crippen LogP contribution < -0.4 is 10.6 Å². The van der Waals surface area contributed by atoms with Crippen molar-refractivity contribution < 1.29 is 9.90 Å². The lowest BCUT2D eigenvalue weighted by atomic mass is 9.96. The van der Waals surface area contributed by atoms with Gasteiger partial charge in [-0.05, 0) is 85.9 Å². The van der Waals surface area contributed by atoms with Crippen molar-refractivity contribution in [2.75, 3.05) is 6.54 Å². The zero-order valence-corrected chi connectivity index (χ0v) is 20.9. The number of aromatic nitrogens is 1. The lowest BCUT2D eigenvalue weighted by Crippen LogP contribution is -2.50. The van der Waals surface area contributed by atoms with E-state index in [1.165, 1.54) is 24.8 Å². The van der Waals surface area contributed by atoms with Crippen LogP contribution in [0.5, 0.6) is 5.75 Å². The van der Waals surface area contributed by atoms with Crippen LogP contribution in [0.1, 0.15) is 70.9 Å². The van der Waals surface area contributed by atoms with Crippen LogP contribution in [0.25, 0.3) is 0 Å². The average Bonchev–Trinajstić information content (AvgIpc) is 2.80. The highest BCUT2D eigenvalue weighted by molar-refractivity contribution is 5.82. The molecular weight excluding hydrogens is 410 g/mol. The summed E-state index contributed by atoms with van der Waals surface area (Å²) in [6, 6.07) is 11.1. The molecule has 0 bridgehead atoms. The second kappa shape index (κ2) is 14.7. The molecular formula is C28H43N3O2. The van der Waals surface area contributed by atoms with Gasteiger partial charge < -0.3 is 15.7 Å². The third kappa shape index (κ3) is 10.8. The van der Waals surface area contributed by atoms with Gasteiger partial charge in [-0.25, -0.2) is 0 Å². The number of carbonyl (C=O) groups excluding carboxylic acids is 1. The van der Waals surface area contributed by atoms with E-state index >= 15 is 0 Å². The van der Waals surface area contributed by atoms with E-state index in [4.69, 9.17) is 0 Å². The molecule has 0 saturated carbocycles. The van der Waals surface area contributed by atoms with Gasteiger partial charge >= 0.3 is 0 Å². The van der Waals surface area contributed by atoms with E-state index < -0.39 is 0 Å². The maximum absolute atomic E-state index is 13.4. The van der Waals surface area contributed by atoms with Crippen LogP contribution in [0.3, 0.4) is 0 Å². The van der Waals surface area contributed by atoms with E-state index in [0.29, 0.717) is 18.3 Å². The fraction of sp³-hybridized carbons (Fsp3) is 0.571. The van der Waals surface area contributed by atoms with Crippen molar-refractivity contribution in [3.8, 4) is 5.75 Å².